The summed E-state index contributed by atoms with van der Waals surface area (Å²) in [5, 5.41) is 3.20. The van der Waals surface area contributed by atoms with E-state index in [-0.39, 0.29) is 30.0 Å². The second-order valence-corrected chi connectivity index (χ2v) is 10.7. The number of nitrogens with zero attached hydrogens (tertiary/aromatic N) is 2. The summed E-state index contributed by atoms with van der Waals surface area (Å²) in [6, 6.07) is 9.04. The molecule has 2 saturated heterocycles. The van der Waals surface area contributed by atoms with Crippen LogP contribution in [0.1, 0.15) is 76.1 Å². The minimum Gasteiger partial charge on any atom is -0.444 e. The van der Waals surface area contributed by atoms with Crippen molar-refractivity contribution >= 4 is 17.9 Å². The molecule has 7 nitrogen and oxygen atoms in total. The molecule has 33 heavy (non-hydrogen) atoms. The van der Waals surface area contributed by atoms with Crippen LogP contribution in [0.3, 0.4) is 0 Å². The second-order valence-electron chi connectivity index (χ2n) is 10.7. The van der Waals surface area contributed by atoms with E-state index >= 15 is 0 Å². The van der Waals surface area contributed by atoms with E-state index in [0.29, 0.717) is 37.4 Å². The highest BCUT2D eigenvalue weighted by Gasteiger charge is 2.47. The average molecular weight is 456 g/mol. The van der Waals surface area contributed by atoms with Gasteiger partial charge in [-0.05, 0) is 70.9 Å². The van der Waals surface area contributed by atoms with Crippen molar-refractivity contribution in [3.8, 4) is 0 Å². The van der Waals surface area contributed by atoms with E-state index in [0.717, 1.165) is 25.7 Å². The number of piperidine rings is 1. The lowest BCUT2D eigenvalue weighted by atomic mass is 9.84. The highest BCUT2D eigenvalue weighted by Crippen LogP contribution is 2.40. The predicted molar refractivity (Wildman–Crippen MR) is 126 cm³/mol. The Morgan fingerprint density at radius 1 is 0.970 bits per heavy atom. The largest absolute Gasteiger partial charge is 0.444 e. The molecule has 3 unspecified atom stereocenters. The van der Waals surface area contributed by atoms with Crippen molar-refractivity contribution in [3.63, 3.8) is 0 Å². The summed E-state index contributed by atoms with van der Waals surface area (Å²) >= 11 is 0. The number of fused-ring (bicyclic) bond motifs is 1. The van der Waals surface area contributed by atoms with Gasteiger partial charge in [0.2, 0.25) is 5.91 Å². The fraction of sp³-hybridized carbons (Fsp3) is 0.654. The van der Waals surface area contributed by atoms with Gasteiger partial charge in [0.1, 0.15) is 11.6 Å². The zero-order valence-electron chi connectivity index (χ0n) is 20.1. The van der Waals surface area contributed by atoms with Crippen LogP contribution >= 0.6 is 0 Å². The maximum absolute atomic E-state index is 13.4. The highest BCUT2D eigenvalue weighted by atomic mass is 16.6. The molecule has 0 radical (unpaired) electrons. The van der Waals surface area contributed by atoms with Gasteiger partial charge >= 0.3 is 6.09 Å². The maximum Gasteiger partial charge on any atom is 0.410 e. The van der Waals surface area contributed by atoms with E-state index in [1.807, 2.05) is 56.0 Å². The van der Waals surface area contributed by atoms with Gasteiger partial charge in [-0.3, -0.25) is 9.59 Å². The first-order valence-corrected chi connectivity index (χ1v) is 12.4. The lowest BCUT2D eigenvalue weighted by molar-refractivity contribution is -0.126. The Labute approximate surface area is 196 Å². The standard InChI is InChI=1S/C26H37N3O4/c1-26(2,3)33-25(32)28-15-13-20(14-16-28)27-23(30)22-17-19-11-7-8-12-21(19)29(22)24(31)18-9-5-4-6-10-18/h4-6,9-10,19-22H,7-8,11-17H2,1-3H3,(H,27,30). The van der Waals surface area contributed by atoms with Crippen LogP contribution in [0.4, 0.5) is 4.79 Å². The van der Waals surface area contributed by atoms with E-state index in [4.69, 9.17) is 4.74 Å². The van der Waals surface area contributed by atoms with Gasteiger partial charge in [0, 0.05) is 30.7 Å². The first-order chi connectivity index (χ1) is 15.7. The molecule has 3 fully saturated rings. The van der Waals surface area contributed by atoms with Gasteiger partial charge in [-0.2, -0.15) is 0 Å². The summed E-state index contributed by atoms with van der Waals surface area (Å²) in [5.74, 6) is 0.311. The van der Waals surface area contributed by atoms with Crippen molar-refractivity contribution in [2.45, 2.75) is 89.4 Å². The van der Waals surface area contributed by atoms with Crippen LogP contribution in [-0.2, 0) is 9.53 Å². The summed E-state index contributed by atoms with van der Waals surface area (Å²) in [4.78, 5) is 42.7. The van der Waals surface area contributed by atoms with E-state index in [2.05, 4.69) is 5.32 Å². The van der Waals surface area contributed by atoms with Crippen LogP contribution in [0.2, 0.25) is 0 Å². The number of nitrogens with one attached hydrogen (secondary N) is 1. The van der Waals surface area contributed by atoms with Gasteiger partial charge in [0.15, 0.2) is 0 Å². The molecule has 1 N–H and O–H groups in total. The van der Waals surface area contributed by atoms with Crippen molar-refractivity contribution < 1.29 is 19.1 Å². The number of carbonyl (C=O) groups is 3. The minimum atomic E-state index is -0.518. The summed E-state index contributed by atoms with van der Waals surface area (Å²) in [6.45, 7) is 6.70. The monoisotopic (exact) mass is 455 g/mol. The Hall–Kier alpha value is -2.57. The number of amides is 3. The van der Waals surface area contributed by atoms with Crippen molar-refractivity contribution in [1.82, 2.24) is 15.1 Å². The fourth-order valence-electron chi connectivity index (χ4n) is 5.55. The summed E-state index contributed by atoms with van der Waals surface area (Å²) in [6.07, 6.45) is 6.17. The molecule has 3 amide bonds. The van der Waals surface area contributed by atoms with Crippen molar-refractivity contribution in [3.05, 3.63) is 35.9 Å². The van der Waals surface area contributed by atoms with Crippen LogP contribution in [0.15, 0.2) is 30.3 Å². The molecule has 2 heterocycles. The molecular weight excluding hydrogens is 418 g/mol. The van der Waals surface area contributed by atoms with E-state index in [1.165, 1.54) is 6.42 Å². The molecule has 0 bridgehead atoms. The molecule has 4 rings (SSSR count). The molecule has 3 aliphatic rings. The number of benzene rings is 1. The van der Waals surface area contributed by atoms with Gasteiger partial charge in [-0.1, -0.05) is 31.0 Å². The maximum atomic E-state index is 13.4. The van der Waals surface area contributed by atoms with Gasteiger partial charge < -0.3 is 19.9 Å². The SMILES string of the molecule is CC(C)(C)OC(=O)N1CCC(NC(=O)C2CC3CCCCC3N2C(=O)c2ccccc2)CC1. The van der Waals surface area contributed by atoms with Crippen molar-refractivity contribution in [2.75, 3.05) is 13.1 Å². The third-order valence-corrected chi connectivity index (χ3v) is 7.14. The predicted octanol–water partition coefficient (Wildman–Crippen LogP) is 3.98. The molecule has 2 aliphatic heterocycles. The van der Waals surface area contributed by atoms with E-state index in [1.54, 1.807) is 4.90 Å². The van der Waals surface area contributed by atoms with Crippen LogP contribution in [0.25, 0.3) is 0 Å². The summed E-state index contributed by atoms with van der Waals surface area (Å²) in [5.41, 5.74) is 0.128. The summed E-state index contributed by atoms with van der Waals surface area (Å²) < 4.78 is 5.47. The second kappa shape index (κ2) is 9.74. The smallest absolute Gasteiger partial charge is 0.410 e. The lowest BCUT2D eigenvalue weighted by Gasteiger charge is -2.36. The van der Waals surface area contributed by atoms with Crippen LogP contribution < -0.4 is 5.32 Å². The molecule has 1 aromatic carbocycles. The zero-order valence-corrected chi connectivity index (χ0v) is 20.1. The van der Waals surface area contributed by atoms with Crippen molar-refractivity contribution in [1.29, 1.82) is 0 Å². The summed E-state index contributed by atoms with van der Waals surface area (Å²) in [7, 11) is 0. The first kappa shape index (κ1) is 23.6. The van der Waals surface area contributed by atoms with E-state index < -0.39 is 11.6 Å². The third-order valence-electron chi connectivity index (χ3n) is 7.14. The lowest BCUT2D eigenvalue weighted by Crippen LogP contribution is -2.53. The Kier molecular flexibility index (Phi) is 6.96. The molecule has 1 aromatic rings. The van der Waals surface area contributed by atoms with Crippen LogP contribution in [0.5, 0.6) is 0 Å². The van der Waals surface area contributed by atoms with Gasteiger partial charge in [-0.25, -0.2) is 4.79 Å². The number of likely N-dealkylation sites (tertiary alicyclic amines) is 2. The normalized spacial score (nSPS) is 26.0. The van der Waals surface area contributed by atoms with E-state index in [9.17, 15) is 14.4 Å². The highest BCUT2D eigenvalue weighted by molar-refractivity contribution is 5.98. The topological polar surface area (TPSA) is 79.0 Å². The Morgan fingerprint density at radius 3 is 2.30 bits per heavy atom. The molecule has 1 aliphatic carbocycles. The molecule has 7 heteroatoms. The number of carbonyl (C=O) groups excluding carboxylic acids is 3. The molecule has 0 aromatic heterocycles. The molecular formula is C26H37N3O4. The number of hydrogen-bond acceptors (Lipinski definition) is 4. The fourth-order valence-corrected chi connectivity index (χ4v) is 5.55. The third kappa shape index (κ3) is 5.50. The molecule has 0 spiro atoms. The Balaban J connectivity index is 1.39. The van der Waals surface area contributed by atoms with Crippen molar-refractivity contribution in [2.24, 2.45) is 5.92 Å². The molecule has 1 saturated carbocycles. The number of rotatable bonds is 3. The average Bonchev–Trinajstić information content (AvgIpc) is 3.18. The van der Waals surface area contributed by atoms with Gasteiger partial charge in [0.05, 0.1) is 0 Å². The molecule has 180 valence electrons. The number of ether oxygens (including phenoxy) is 1. The minimum absolute atomic E-state index is 0.00694. The van der Waals surface area contributed by atoms with Gasteiger partial charge in [-0.15, -0.1) is 0 Å². The number of hydrogen-bond donors (Lipinski definition) is 1. The van der Waals surface area contributed by atoms with Crippen LogP contribution in [0, 0.1) is 5.92 Å². The first-order valence-electron chi connectivity index (χ1n) is 12.4. The van der Waals surface area contributed by atoms with Crippen LogP contribution in [-0.4, -0.2) is 64.5 Å². The van der Waals surface area contributed by atoms with Gasteiger partial charge in [0.25, 0.3) is 5.91 Å². The quantitative estimate of drug-likeness (QED) is 0.748. The molecule has 3 atom stereocenters. The Bertz CT molecular complexity index is 858. The Morgan fingerprint density at radius 2 is 1.64 bits per heavy atom. The zero-order chi connectivity index (χ0) is 23.6.